The van der Waals surface area contributed by atoms with E-state index in [0.29, 0.717) is 5.56 Å². The first-order valence-corrected chi connectivity index (χ1v) is 10.1. The number of aromatic nitrogens is 2. The van der Waals surface area contributed by atoms with Gasteiger partial charge in [-0.3, -0.25) is 0 Å². The van der Waals surface area contributed by atoms with Crippen LogP contribution in [0.1, 0.15) is 5.56 Å². The van der Waals surface area contributed by atoms with Crippen molar-refractivity contribution in [1.29, 1.82) is 0 Å². The maximum atomic E-state index is 13.5. The predicted octanol–water partition coefficient (Wildman–Crippen LogP) is 2.80. The Labute approximate surface area is 129 Å². The van der Waals surface area contributed by atoms with E-state index < -0.39 is 13.9 Å². The van der Waals surface area contributed by atoms with Gasteiger partial charge < -0.3 is 16.2 Å². The normalized spacial score (nSPS) is 10.7. The van der Waals surface area contributed by atoms with Crippen molar-refractivity contribution < 1.29 is 9.13 Å². The average molecular weight is 316 g/mol. The van der Waals surface area contributed by atoms with Crippen LogP contribution in [0.3, 0.4) is 0 Å². The van der Waals surface area contributed by atoms with Gasteiger partial charge in [0.15, 0.2) is 0 Å². The number of anilines is 2. The van der Waals surface area contributed by atoms with Gasteiger partial charge in [-0.2, -0.15) is 0 Å². The molecular formula is C15H17FN4OSi. The zero-order valence-corrected chi connectivity index (χ0v) is 13.6. The molecule has 1 aromatic heterocycles. The Kier molecular flexibility index (Phi) is 4.33. The molecule has 0 atom stereocenters. The van der Waals surface area contributed by atoms with E-state index in [1.54, 1.807) is 6.07 Å². The lowest BCUT2D eigenvalue weighted by Crippen LogP contribution is -2.16. The minimum atomic E-state index is -1.60. The van der Waals surface area contributed by atoms with Gasteiger partial charge in [-0.05, 0) is 12.1 Å². The van der Waals surface area contributed by atoms with Gasteiger partial charge in [0.05, 0.1) is 5.69 Å². The molecule has 0 saturated heterocycles. The number of nitrogen functional groups attached to an aromatic ring is 2. The molecule has 2 rings (SSSR count). The third-order valence-corrected chi connectivity index (χ3v) is 3.47. The van der Waals surface area contributed by atoms with Gasteiger partial charge in [-0.15, -0.1) is 5.54 Å². The minimum absolute atomic E-state index is 0.0494. The van der Waals surface area contributed by atoms with E-state index in [-0.39, 0.29) is 23.1 Å². The van der Waals surface area contributed by atoms with Crippen molar-refractivity contribution in [3.05, 3.63) is 35.9 Å². The lowest BCUT2D eigenvalue weighted by molar-refractivity contribution is 0.456. The molecule has 0 saturated carbocycles. The van der Waals surface area contributed by atoms with Crippen LogP contribution in [0.15, 0.2) is 24.5 Å². The first-order valence-electron chi connectivity index (χ1n) is 6.63. The molecule has 2 aromatic rings. The summed E-state index contributed by atoms with van der Waals surface area (Å²) in [5, 5.41) is 0. The number of halogens is 1. The summed E-state index contributed by atoms with van der Waals surface area (Å²) in [6.45, 7) is 6.32. The van der Waals surface area contributed by atoms with Crippen molar-refractivity contribution in [2.45, 2.75) is 19.6 Å². The molecule has 114 valence electrons. The second kappa shape index (κ2) is 6.03. The standard InChI is InChI=1S/C15H17FN4OSi/c1-22(2,3)7-6-11-14(18)19-9-20-15(11)21-10-4-5-13(17)12(16)8-10/h4-5,8-9H,17H2,1-3H3,(H2,18,19,20). The fourth-order valence-electron chi connectivity index (χ4n) is 1.51. The molecule has 5 nitrogen and oxygen atoms in total. The smallest absolute Gasteiger partial charge is 0.240 e. The summed E-state index contributed by atoms with van der Waals surface area (Å²) in [4.78, 5) is 7.95. The highest BCUT2D eigenvalue weighted by Crippen LogP contribution is 2.27. The number of benzene rings is 1. The largest absolute Gasteiger partial charge is 0.437 e. The molecule has 0 unspecified atom stereocenters. The van der Waals surface area contributed by atoms with Crippen LogP contribution in [0.25, 0.3) is 0 Å². The first kappa shape index (κ1) is 15.8. The minimum Gasteiger partial charge on any atom is -0.437 e. The Balaban J connectivity index is 2.40. The third kappa shape index (κ3) is 3.96. The van der Waals surface area contributed by atoms with Gasteiger partial charge in [-0.25, -0.2) is 14.4 Å². The zero-order valence-electron chi connectivity index (χ0n) is 12.6. The summed E-state index contributed by atoms with van der Waals surface area (Å²) in [5.41, 5.74) is 14.9. The molecule has 0 amide bonds. The molecule has 0 aliphatic heterocycles. The fourth-order valence-corrected chi connectivity index (χ4v) is 2.01. The number of hydrogen-bond donors (Lipinski definition) is 2. The summed E-state index contributed by atoms with van der Waals surface area (Å²) in [5.74, 6) is 3.11. The molecule has 4 N–H and O–H groups in total. The van der Waals surface area contributed by atoms with Crippen molar-refractivity contribution in [1.82, 2.24) is 9.97 Å². The first-order chi connectivity index (χ1) is 10.3. The van der Waals surface area contributed by atoms with E-state index in [1.807, 2.05) is 0 Å². The topological polar surface area (TPSA) is 87.0 Å². The molecule has 1 heterocycles. The number of nitrogens with zero attached hydrogens (tertiary/aromatic N) is 2. The van der Waals surface area contributed by atoms with E-state index in [2.05, 4.69) is 41.1 Å². The summed E-state index contributed by atoms with van der Waals surface area (Å²) in [6.07, 6.45) is 1.28. The molecule has 0 fully saturated rings. The van der Waals surface area contributed by atoms with Crippen molar-refractivity contribution in [2.24, 2.45) is 0 Å². The molecule has 0 spiro atoms. The Morgan fingerprint density at radius 1 is 1.18 bits per heavy atom. The van der Waals surface area contributed by atoms with E-state index >= 15 is 0 Å². The van der Waals surface area contributed by atoms with Gasteiger partial charge in [-0.1, -0.05) is 25.6 Å². The Hall–Kier alpha value is -2.59. The number of nitrogens with two attached hydrogens (primary N) is 2. The molecule has 0 radical (unpaired) electrons. The molecule has 22 heavy (non-hydrogen) atoms. The maximum absolute atomic E-state index is 13.5. The van der Waals surface area contributed by atoms with Gasteiger partial charge in [0, 0.05) is 6.07 Å². The summed E-state index contributed by atoms with van der Waals surface area (Å²) in [7, 11) is -1.60. The van der Waals surface area contributed by atoms with Crippen molar-refractivity contribution in [3.8, 4) is 23.1 Å². The Morgan fingerprint density at radius 2 is 1.91 bits per heavy atom. The second-order valence-corrected chi connectivity index (χ2v) is 10.5. The second-order valence-electron chi connectivity index (χ2n) is 5.72. The van der Waals surface area contributed by atoms with E-state index in [9.17, 15) is 4.39 Å². The highest BCUT2D eigenvalue weighted by molar-refractivity contribution is 6.83. The quantitative estimate of drug-likeness (QED) is 0.505. The SMILES string of the molecule is C[Si](C)(C)C#Cc1c(N)ncnc1Oc1ccc(N)c(F)c1. The Morgan fingerprint density at radius 3 is 2.55 bits per heavy atom. The van der Waals surface area contributed by atoms with Crippen LogP contribution in [-0.2, 0) is 0 Å². The van der Waals surface area contributed by atoms with Gasteiger partial charge in [0.2, 0.25) is 5.88 Å². The molecule has 0 aliphatic carbocycles. The number of rotatable bonds is 2. The Bertz CT molecular complexity index is 762. The van der Waals surface area contributed by atoms with Crippen LogP contribution in [0, 0.1) is 17.3 Å². The van der Waals surface area contributed by atoms with Gasteiger partial charge >= 0.3 is 0 Å². The van der Waals surface area contributed by atoms with Crippen LogP contribution in [0.2, 0.25) is 19.6 Å². The zero-order chi connectivity index (χ0) is 16.3. The predicted molar refractivity (Wildman–Crippen MR) is 87.6 cm³/mol. The highest BCUT2D eigenvalue weighted by atomic mass is 28.3. The van der Waals surface area contributed by atoms with Crippen LogP contribution in [-0.4, -0.2) is 18.0 Å². The number of hydrogen-bond acceptors (Lipinski definition) is 5. The van der Waals surface area contributed by atoms with Gasteiger partial charge in [0.25, 0.3) is 0 Å². The fraction of sp³-hybridized carbons (Fsp3) is 0.200. The van der Waals surface area contributed by atoms with Crippen LogP contribution in [0.4, 0.5) is 15.9 Å². The van der Waals surface area contributed by atoms with E-state index in [4.69, 9.17) is 16.2 Å². The lowest BCUT2D eigenvalue weighted by Gasteiger charge is -2.09. The van der Waals surface area contributed by atoms with E-state index in [0.717, 1.165) is 0 Å². The monoisotopic (exact) mass is 316 g/mol. The lowest BCUT2D eigenvalue weighted by atomic mass is 10.3. The summed E-state index contributed by atoms with van der Waals surface area (Å²) in [6, 6.07) is 4.15. The molecule has 7 heteroatoms. The van der Waals surface area contributed by atoms with Crippen molar-refractivity contribution in [3.63, 3.8) is 0 Å². The maximum Gasteiger partial charge on any atom is 0.240 e. The highest BCUT2D eigenvalue weighted by Gasteiger charge is 2.13. The van der Waals surface area contributed by atoms with Gasteiger partial charge in [0.1, 0.15) is 37.3 Å². The molecular weight excluding hydrogens is 299 g/mol. The van der Waals surface area contributed by atoms with Crippen molar-refractivity contribution >= 4 is 19.6 Å². The number of ether oxygens (including phenoxy) is 1. The molecule has 1 aromatic carbocycles. The third-order valence-electron chi connectivity index (χ3n) is 2.59. The van der Waals surface area contributed by atoms with Crippen molar-refractivity contribution in [2.75, 3.05) is 11.5 Å². The van der Waals surface area contributed by atoms with Crippen LogP contribution < -0.4 is 16.2 Å². The molecule has 0 aliphatic rings. The van der Waals surface area contributed by atoms with Crippen LogP contribution in [0.5, 0.6) is 11.6 Å². The van der Waals surface area contributed by atoms with E-state index in [1.165, 1.54) is 18.5 Å². The summed E-state index contributed by atoms with van der Waals surface area (Å²) < 4.78 is 19.1. The molecule has 0 bridgehead atoms. The average Bonchev–Trinajstić information content (AvgIpc) is 2.41. The van der Waals surface area contributed by atoms with Crippen LogP contribution >= 0.6 is 0 Å². The summed E-state index contributed by atoms with van der Waals surface area (Å²) >= 11 is 0.